The molecule has 6 N–H and O–H groups in total. The van der Waals surface area contributed by atoms with Crippen LogP contribution in [0, 0.1) is 0 Å². The number of aromatic nitrogens is 4. The predicted molar refractivity (Wildman–Crippen MR) is 317 cm³/mol. The Kier molecular flexibility index (Phi) is 23.6. The number of fused-ring (bicyclic) bond motifs is 2. The molecule has 0 spiro atoms. The van der Waals surface area contributed by atoms with Gasteiger partial charge in [-0.2, -0.15) is 0 Å². The Labute approximate surface area is 488 Å². The van der Waals surface area contributed by atoms with E-state index in [1.165, 1.54) is 22.3 Å². The number of urea groups is 2. The third-order valence-electron chi connectivity index (χ3n) is 13.6. The summed E-state index contributed by atoms with van der Waals surface area (Å²) in [5.41, 5.74) is 10.8. The molecule has 426 valence electrons. The van der Waals surface area contributed by atoms with E-state index in [0.717, 1.165) is 59.6 Å². The van der Waals surface area contributed by atoms with Crippen LogP contribution in [0.2, 0.25) is 20.1 Å². The number of halogens is 4. The van der Waals surface area contributed by atoms with Gasteiger partial charge in [0.1, 0.15) is 0 Å². The number of rotatable bonds is 29. The number of ether oxygens (including phenoxy) is 4. The fourth-order valence-electron chi connectivity index (χ4n) is 9.63. The van der Waals surface area contributed by atoms with Crippen molar-refractivity contribution < 1.29 is 28.5 Å². The van der Waals surface area contributed by atoms with E-state index < -0.39 is 0 Å². The Balaban J connectivity index is 0.569. The minimum atomic E-state index is -0.272. The summed E-state index contributed by atoms with van der Waals surface area (Å²) in [6, 6.07) is 24.1. The second-order valence-electron chi connectivity index (χ2n) is 19.6. The molecule has 0 unspecified atom stereocenters. The van der Waals surface area contributed by atoms with Gasteiger partial charge in [0.15, 0.2) is 0 Å². The molecule has 18 nitrogen and oxygen atoms in total. The molecule has 2 atom stereocenters. The molecule has 0 aliphatic carbocycles. The maximum absolute atomic E-state index is 12.1. The van der Waals surface area contributed by atoms with Gasteiger partial charge in [0.25, 0.3) is 0 Å². The summed E-state index contributed by atoms with van der Waals surface area (Å²) in [7, 11) is 4.21. The zero-order valence-electron chi connectivity index (χ0n) is 45.2. The van der Waals surface area contributed by atoms with Crippen LogP contribution in [-0.4, -0.2) is 161 Å². The zero-order chi connectivity index (χ0) is 56.1. The molecule has 0 saturated heterocycles. The Morgan fingerprint density at radius 1 is 0.487 bits per heavy atom. The number of amides is 4. The van der Waals surface area contributed by atoms with Crippen molar-refractivity contribution in [2.24, 2.45) is 0 Å². The summed E-state index contributed by atoms with van der Waals surface area (Å²) in [6.45, 7) is 9.30. The van der Waals surface area contributed by atoms with Gasteiger partial charge in [0.05, 0.1) is 52.9 Å². The molecule has 2 aliphatic rings. The number of hydrogen-bond acceptors (Lipinski definition) is 14. The quantitative estimate of drug-likeness (QED) is 0.0243. The maximum Gasteiger partial charge on any atom is 0.314 e. The third kappa shape index (κ3) is 18.3. The molecule has 0 radical (unpaired) electrons. The monoisotopic (exact) mass is 1170 g/mol. The van der Waals surface area contributed by atoms with Crippen molar-refractivity contribution in [1.29, 1.82) is 0 Å². The smallest absolute Gasteiger partial charge is 0.314 e. The standard InChI is InChI=1S/C58H70Cl4N12O6/c1-73-35-49(47-27-45(59)29-53(61)51(47)37-73)41-9-5-7-39(25-41)43-31-69-55(70-32-43)63-13-17-77-21-23-79-19-15-67-57(75)65-11-3-4-12-66-58(76)68-16-20-80-24-22-78-18-14-64-56-71-33-44(34-72-56)40-8-6-10-42(26-40)50-36-74(2)38-52-48(50)28-46(60)30-54(52)62/h5-10,25-34,49-50H,3-4,11-24,35-38H2,1-2H3,(H,63,69,70)(H,64,71,72)(H2,65,67,75)(H2,66,68,76)/t49-,50-/m0/s1. The molecule has 0 bridgehead atoms. The highest BCUT2D eigenvalue weighted by Crippen LogP contribution is 2.41. The van der Waals surface area contributed by atoms with Crippen LogP contribution < -0.4 is 31.9 Å². The number of carbonyl (C=O) groups excluding carboxylic acids is 2. The Bertz CT molecular complexity index is 2750. The van der Waals surface area contributed by atoms with E-state index in [9.17, 15) is 9.59 Å². The summed E-state index contributed by atoms with van der Waals surface area (Å²) in [5.74, 6) is 1.31. The fourth-order valence-corrected chi connectivity index (χ4v) is 10.8. The van der Waals surface area contributed by atoms with Crippen LogP contribution in [0.4, 0.5) is 21.5 Å². The van der Waals surface area contributed by atoms with Crippen molar-refractivity contribution in [3.05, 3.63) is 151 Å². The first-order chi connectivity index (χ1) is 39.0. The number of nitrogens with one attached hydrogen (secondary N) is 6. The molecular formula is C58H70Cl4N12O6. The van der Waals surface area contributed by atoms with Crippen LogP contribution in [0.15, 0.2) is 97.6 Å². The molecule has 6 aromatic rings. The summed E-state index contributed by atoms with van der Waals surface area (Å²) in [5, 5.41) is 20.3. The van der Waals surface area contributed by atoms with E-state index in [0.29, 0.717) is 137 Å². The van der Waals surface area contributed by atoms with Crippen LogP contribution in [0.5, 0.6) is 0 Å². The van der Waals surface area contributed by atoms with Crippen LogP contribution in [-0.2, 0) is 32.0 Å². The summed E-state index contributed by atoms with van der Waals surface area (Å²) in [4.78, 5) is 46.9. The van der Waals surface area contributed by atoms with E-state index in [2.05, 4.69) is 124 Å². The van der Waals surface area contributed by atoms with Gasteiger partial charge in [-0.25, -0.2) is 29.5 Å². The van der Waals surface area contributed by atoms with Crippen molar-refractivity contribution >= 4 is 70.4 Å². The number of likely N-dealkylation sites (N-methyl/N-ethyl adjacent to an activating group) is 2. The van der Waals surface area contributed by atoms with Crippen LogP contribution in [0.1, 0.15) is 58.1 Å². The first kappa shape index (κ1) is 60.2. The van der Waals surface area contributed by atoms with Gasteiger partial charge >= 0.3 is 12.1 Å². The lowest BCUT2D eigenvalue weighted by molar-refractivity contribution is 0.0532. The average Bonchev–Trinajstić information content (AvgIpc) is 3.54. The number of benzene rings is 4. The number of hydrogen-bond donors (Lipinski definition) is 6. The lowest BCUT2D eigenvalue weighted by Gasteiger charge is -2.33. The van der Waals surface area contributed by atoms with Crippen molar-refractivity contribution in [3.8, 4) is 22.3 Å². The maximum atomic E-state index is 12.1. The van der Waals surface area contributed by atoms with Crippen molar-refractivity contribution in [2.75, 3.05) is 130 Å². The van der Waals surface area contributed by atoms with Crippen LogP contribution in [0.25, 0.3) is 22.3 Å². The average molecular weight is 1170 g/mol. The summed E-state index contributed by atoms with van der Waals surface area (Å²) < 4.78 is 22.5. The Hall–Kier alpha value is -5.90. The largest absolute Gasteiger partial charge is 0.377 e. The number of carbonyl (C=O) groups is 2. The predicted octanol–water partition coefficient (Wildman–Crippen LogP) is 9.34. The summed E-state index contributed by atoms with van der Waals surface area (Å²) >= 11 is 26.0. The number of anilines is 2. The molecule has 2 aromatic heterocycles. The second-order valence-corrected chi connectivity index (χ2v) is 21.3. The van der Waals surface area contributed by atoms with Gasteiger partial charge in [-0.15, -0.1) is 0 Å². The molecule has 0 saturated carbocycles. The van der Waals surface area contributed by atoms with Crippen molar-refractivity contribution in [1.82, 2.24) is 51.0 Å². The van der Waals surface area contributed by atoms with E-state index >= 15 is 0 Å². The molecule has 8 rings (SSSR count). The lowest BCUT2D eigenvalue weighted by Crippen LogP contribution is -2.39. The third-order valence-corrected chi connectivity index (χ3v) is 14.7. The topological polar surface area (TPSA) is 201 Å². The minimum Gasteiger partial charge on any atom is -0.377 e. The SMILES string of the molecule is CN1Cc2c(Cl)cc(Cl)cc2[C@H](c2cccc(-c3cnc(NCCOCCOCCNC(=O)NCCCCNC(=O)NCCOCCOCCNc4ncc(-c5cccc([C@@H]6CN(C)Cc7c(Cl)cc(Cl)cc76)c5)cn4)nc3)c2)C1. The van der Waals surface area contributed by atoms with E-state index in [1.54, 1.807) is 0 Å². The van der Waals surface area contributed by atoms with Gasteiger partial charge in [-0.1, -0.05) is 94.9 Å². The van der Waals surface area contributed by atoms with Crippen LogP contribution >= 0.6 is 46.4 Å². The normalized spacial score (nSPS) is 15.2. The van der Waals surface area contributed by atoms with Gasteiger partial charge < -0.3 is 60.6 Å². The van der Waals surface area contributed by atoms with E-state index in [1.807, 2.05) is 49.1 Å². The Morgan fingerprint density at radius 3 is 1.26 bits per heavy atom. The molecular weight excluding hydrogens is 1100 g/mol. The molecule has 22 heteroatoms. The van der Waals surface area contributed by atoms with E-state index in [-0.39, 0.29) is 23.9 Å². The molecule has 4 amide bonds. The minimum absolute atomic E-state index is 0.140. The summed E-state index contributed by atoms with van der Waals surface area (Å²) in [6.07, 6.45) is 8.69. The highest BCUT2D eigenvalue weighted by molar-refractivity contribution is 6.35. The van der Waals surface area contributed by atoms with Gasteiger partial charge in [0.2, 0.25) is 11.9 Å². The Morgan fingerprint density at radius 2 is 0.863 bits per heavy atom. The highest BCUT2D eigenvalue weighted by Gasteiger charge is 2.29. The number of nitrogens with zero attached hydrogens (tertiary/aromatic N) is 6. The van der Waals surface area contributed by atoms with Gasteiger partial charge in [-0.3, -0.25) is 0 Å². The molecule has 2 aliphatic heterocycles. The fraction of sp³-hybridized carbons (Fsp3) is 0.414. The number of unbranched alkanes of at least 4 members (excludes halogenated alkanes) is 1. The second kappa shape index (κ2) is 31.3. The molecule has 0 fully saturated rings. The lowest BCUT2D eigenvalue weighted by atomic mass is 9.84. The molecule has 4 aromatic carbocycles. The zero-order valence-corrected chi connectivity index (χ0v) is 48.2. The van der Waals surface area contributed by atoms with Gasteiger partial charge in [-0.05, 0) is 95.7 Å². The first-order valence-electron chi connectivity index (χ1n) is 27.0. The first-order valence-corrected chi connectivity index (χ1v) is 28.5. The van der Waals surface area contributed by atoms with Crippen molar-refractivity contribution in [3.63, 3.8) is 0 Å². The molecule has 80 heavy (non-hydrogen) atoms. The highest BCUT2D eigenvalue weighted by atomic mass is 35.5. The molecule has 4 heterocycles. The van der Waals surface area contributed by atoms with Crippen molar-refractivity contribution in [2.45, 2.75) is 37.8 Å². The van der Waals surface area contributed by atoms with Crippen LogP contribution in [0.3, 0.4) is 0 Å². The van der Waals surface area contributed by atoms with E-state index in [4.69, 9.17) is 65.4 Å². The van der Waals surface area contributed by atoms with Gasteiger partial charge in [0, 0.05) is 133 Å².